The molecule has 0 aromatic heterocycles. The van der Waals surface area contributed by atoms with E-state index in [9.17, 15) is 14.4 Å². The Hall–Kier alpha value is -2.99. The van der Waals surface area contributed by atoms with Crippen molar-refractivity contribution in [1.82, 2.24) is 5.32 Å². The van der Waals surface area contributed by atoms with E-state index in [-0.39, 0.29) is 23.8 Å². The summed E-state index contributed by atoms with van der Waals surface area (Å²) in [5, 5.41) is 6.18. The van der Waals surface area contributed by atoms with Crippen LogP contribution in [0, 0.1) is 18.8 Å². The molecule has 2 fully saturated rings. The minimum Gasteiger partial charge on any atom is -0.324 e. The van der Waals surface area contributed by atoms with E-state index in [2.05, 4.69) is 10.6 Å². The minimum atomic E-state index is -1.20. The first-order valence-corrected chi connectivity index (χ1v) is 9.08. The normalized spacial score (nSPS) is 31.4. The number of rotatable bonds is 1. The molecule has 3 aliphatic rings. The molecule has 5 rings (SSSR count). The highest BCUT2D eigenvalue weighted by molar-refractivity contribution is 6.25. The molecule has 0 bridgehead atoms. The first-order valence-electron chi connectivity index (χ1n) is 9.08. The maximum atomic E-state index is 13.4. The fourth-order valence-electron chi connectivity index (χ4n) is 4.87. The standard InChI is InChI=1S/C21H19N3O3/c1-11-7-9-13(10-8-11)24-18(25)16-12(2)23-21(17(16)19(24)26)14-5-3-4-6-15(14)22-20(21)27/h3-10,12,16-17,23H,1-2H3,(H,22,27)/t12-,16+,17-,21+/m0/s1. The summed E-state index contributed by atoms with van der Waals surface area (Å²) >= 11 is 0. The Labute approximate surface area is 156 Å². The molecule has 2 saturated heterocycles. The van der Waals surface area contributed by atoms with Gasteiger partial charge in [0.2, 0.25) is 17.7 Å². The first-order chi connectivity index (χ1) is 12.9. The number of hydrogen-bond donors (Lipinski definition) is 2. The predicted molar refractivity (Wildman–Crippen MR) is 100.0 cm³/mol. The maximum Gasteiger partial charge on any atom is 0.250 e. The van der Waals surface area contributed by atoms with E-state index in [0.29, 0.717) is 11.4 Å². The van der Waals surface area contributed by atoms with Gasteiger partial charge in [0.15, 0.2) is 0 Å². The van der Waals surface area contributed by atoms with Gasteiger partial charge in [-0.25, -0.2) is 4.90 Å². The zero-order valence-corrected chi connectivity index (χ0v) is 15.0. The van der Waals surface area contributed by atoms with Crippen LogP contribution < -0.4 is 15.5 Å². The number of nitrogens with zero attached hydrogens (tertiary/aromatic N) is 1. The molecule has 0 radical (unpaired) electrons. The van der Waals surface area contributed by atoms with Crippen molar-refractivity contribution in [1.29, 1.82) is 0 Å². The lowest BCUT2D eigenvalue weighted by molar-refractivity contribution is -0.130. The molecule has 1 spiro atoms. The third-order valence-electron chi connectivity index (χ3n) is 6.06. The van der Waals surface area contributed by atoms with Crippen molar-refractivity contribution in [3.05, 3.63) is 59.7 Å². The van der Waals surface area contributed by atoms with Gasteiger partial charge in [-0.3, -0.25) is 19.7 Å². The molecule has 2 N–H and O–H groups in total. The zero-order chi connectivity index (χ0) is 18.9. The molecule has 6 nitrogen and oxygen atoms in total. The van der Waals surface area contributed by atoms with Gasteiger partial charge in [0.1, 0.15) is 5.54 Å². The van der Waals surface area contributed by atoms with Gasteiger partial charge >= 0.3 is 0 Å². The highest BCUT2D eigenvalue weighted by Crippen LogP contribution is 2.53. The third-order valence-corrected chi connectivity index (χ3v) is 6.06. The number of para-hydroxylation sites is 1. The maximum absolute atomic E-state index is 13.4. The molecule has 6 heteroatoms. The summed E-state index contributed by atoms with van der Waals surface area (Å²) in [6.07, 6.45) is 0. The number of carbonyl (C=O) groups is 3. The predicted octanol–water partition coefficient (Wildman–Crippen LogP) is 1.94. The molecule has 0 aliphatic carbocycles. The number of aryl methyl sites for hydroxylation is 1. The number of benzene rings is 2. The van der Waals surface area contributed by atoms with E-state index in [1.165, 1.54) is 4.90 Å². The fourth-order valence-corrected chi connectivity index (χ4v) is 4.87. The SMILES string of the molecule is Cc1ccc(N2C(=O)[C@@H]3[C@H](C)N[C@@]4(C(=O)Nc5ccccc54)[C@@H]3C2=O)cc1. The number of carbonyl (C=O) groups excluding carboxylic acids is 3. The lowest BCUT2D eigenvalue weighted by atomic mass is 9.76. The lowest BCUT2D eigenvalue weighted by Crippen LogP contribution is -2.53. The molecule has 2 aromatic carbocycles. The number of fused-ring (bicyclic) bond motifs is 4. The zero-order valence-electron chi connectivity index (χ0n) is 15.0. The van der Waals surface area contributed by atoms with Crippen LogP contribution in [0.4, 0.5) is 11.4 Å². The van der Waals surface area contributed by atoms with Gasteiger partial charge in [0, 0.05) is 17.3 Å². The second-order valence-corrected chi connectivity index (χ2v) is 7.59. The van der Waals surface area contributed by atoms with Crippen LogP contribution in [0.2, 0.25) is 0 Å². The molecule has 2 aromatic rings. The molecule has 27 heavy (non-hydrogen) atoms. The van der Waals surface area contributed by atoms with Crippen molar-refractivity contribution < 1.29 is 14.4 Å². The van der Waals surface area contributed by atoms with Gasteiger partial charge in [0.25, 0.3) is 0 Å². The van der Waals surface area contributed by atoms with E-state index < -0.39 is 17.4 Å². The van der Waals surface area contributed by atoms with Crippen molar-refractivity contribution >= 4 is 29.1 Å². The summed E-state index contributed by atoms with van der Waals surface area (Å²) in [7, 11) is 0. The number of nitrogens with one attached hydrogen (secondary N) is 2. The minimum absolute atomic E-state index is 0.247. The summed E-state index contributed by atoms with van der Waals surface area (Å²) in [6, 6.07) is 14.4. The Morgan fingerprint density at radius 3 is 2.41 bits per heavy atom. The average molecular weight is 361 g/mol. The van der Waals surface area contributed by atoms with E-state index >= 15 is 0 Å². The summed E-state index contributed by atoms with van der Waals surface area (Å²) in [5.74, 6) is -2.17. The summed E-state index contributed by atoms with van der Waals surface area (Å²) < 4.78 is 0. The fraction of sp³-hybridized carbons (Fsp3) is 0.286. The van der Waals surface area contributed by atoms with Crippen molar-refractivity contribution in [2.45, 2.75) is 25.4 Å². The summed E-state index contributed by atoms with van der Waals surface area (Å²) in [4.78, 5) is 40.9. The highest BCUT2D eigenvalue weighted by atomic mass is 16.2. The lowest BCUT2D eigenvalue weighted by Gasteiger charge is -2.29. The monoisotopic (exact) mass is 361 g/mol. The van der Waals surface area contributed by atoms with Crippen molar-refractivity contribution in [2.75, 3.05) is 10.2 Å². The van der Waals surface area contributed by atoms with Gasteiger partial charge in [0.05, 0.1) is 17.5 Å². The molecule has 3 amide bonds. The van der Waals surface area contributed by atoms with Crippen LogP contribution in [0.1, 0.15) is 18.1 Å². The largest absolute Gasteiger partial charge is 0.324 e. The van der Waals surface area contributed by atoms with E-state index in [1.807, 2.05) is 50.2 Å². The van der Waals surface area contributed by atoms with Gasteiger partial charge in [-0.05, 0) is 32.0 Å². The van der Waals surface area contributed by atoms with Crippen LogP contribution in [-0.2, 0) is 19.9 Å². The Morgan fingerprint density at radius 2 is 1.67 bits per heavy atom. The van der Waals surface area contributed by atoms with Crippen molar-refractivity contribution in [2.24, 2.45) is 11.8 Å². The summed E-state index contributed by atoms with van der Waals surface area (Å²) in [5.41, 5.74) is 1.83. The molecule has 3 heterocycles. The first kappa shape index (κ1) is 16.2. The van der Waals surface area contributed by atoms with Gasteiger partial charge < -0.3 is 5.32 Å². The third kappa shape index (κ3) is 1.91. The van der Waals surface area contributed by atoms with E-state index in [0.717, 1.165) is 11.1 Å². The van der Waals surface area contributed by atoms with Crippen molar-refractivity contribution in [3.63, 3.8) is 0 Å². The molecule has 0 unspecified atom stereocenters. The van der Waals surface area contributed by atoms with Crippen LogP contribution in [0.3, 0.4) is 0 Å². The molecule has 3 aliphatic heterocycles. The van der Waals surface area contributed by atoms with E-state index in [4.69, 9.17) is 0 Å². The number of hydrogen-bond acceptors (Lipinski definition) is 4. The molecule has 0 saturated carbocycles. The van der Waals surface area contributed by atoms with Gasteiger partial charge in [-0.2, -0.15) is 0 Å². The van der Waals surface area contributed by atoms with Crippen LogP contribution in [-0.4, -0.2) is 23.8 Å². The number of amides is 3. The van der Waals surface area contributed by atoms with Crippen LogP contribution >= 0.6 is 0 Å². The van der Waals surface area contributed by atoms with Crippen LogP contribution in [0.5, 0.6) is 0 Å². The van der Waals surface area contributed by atoms with Crippen LogP contribution in [0.25, 0.3) is 0 Å². The molecule has 4 atom stereocenters. The smallest absolute Gasteiger partial charge is 0.250 e. The Kier molecular flexibility index (Phi) is 3.16. The van der Waals surface area contributed by atoms with Gasteiger partial charge in [-0.1, -0.05) is 35.9 Å². The Morgan fingerprint density at radius 1 is 0.963 bits per heavy atom. The van der Waals surface area contributed by atoms with Crippen LogP contribution in [0.15, 0.2) is 48.5 Å². The topological polar surface area (TPSA) is 78.5 Å². The molecule has 136 valence electrons. The van der Waals surface area contributed by atoms with E-state index in [1.54, 1.807) is 12.1 Å². The molecular weight excluding hydrogens is 342 g/mol. The van der Waals surface area contributed by atoms with Gasteiger partial charge in [-0.15, -0.1) is 0 Å². The Bertz CT molecular complexity index is 1000. The summed E-state index contributed by atoms with van der Waals surface area (Å²) in [6.45, 7) is 3.82. The average Bonchev–Trinajstić information content (AvgIpc) is 3.21. The number of anilines is 2. The highest BCUT2D eigenvalue weighted by Gasteiger charge is 2.69. The van der Waals surface area contributed by atoms with Crippen molar-refractivity contribution in [3.8, 4) is 0 Å². The second kappa shape index (κ2) is 5.27. The number of imide groups is 1. The quantitative estimate of drug-likeness (QED) is 0.761. The second-order valence-electron chi connectivity index (χ2n) is 7.59. The Balaban J connectivity index is 1.66. The molecular formula is C21H19N3O3.